The summed E-state index contributed by atoms with van der Waals surface area (Å²) in [6, 6.07) is -1.07. The average molecular weight is 209 g/mol. The van der Waals surface area contributed by atoms with Crippen molar-refractivity contribution in [2.45, 2.75) is 19.4 Å². The number of urea groups is 1. The van der Waals surface area contributed by atoms with Gasteiger partial charge in [-0.1, -0.05) is 0 Å². The second kappa shape index (κ2) is 6.53. The Morgan fingerprint density at radius 2 is 1.93 bits per heavy atom. The van der Waals surface area contributed by atoms with Crippen LogP contribution in [0.15, 0.2) is 0 Å². The van der Waals surface area contributed by atoms with Crippen LogP contribution in [-0.2, 0) is 0 Å². The van der Waals surface area contributed by atoms with Gasteiger partial charge in [-0.15, -0.1) is 0 Å². The van der Waals surface area contributed by atoms with Gasteiger partial charge in [0.1, 0.15) is 0 Å². The Balaban J connectivity index is 3.43. The number of rotatable bonds is 5. The topological polar surface area (TPSA) is 44.4 Å². The molecule has 4 nitrogen and oxygen atoms in total. The monoisotopic (exact) mass is 209 g/mol. The molecule has 14 heavy (non-hydrogen) atoms. The molecule has 84 valence electrons. The Kier molecular flexibility index (Phi) is 6.11. The van der Waals surface area contributed by atoms with Crippen molar-refractivity contribution in [1.29, 1.82) is 0 Å². The number of nitrogens with one attached hydrogen (secondary N) is 2. The number of carbonyl (C=O) groups excluding carboxylic acids is 1. The van der Waals surface area contributed by atoms with Crippen molar-refractivity contribution in [3.63, 3.8) is 0 Å². The smallest absolute Gasteiger partial charge is 0.316 e. The van der Waals surface area contributed by atoms with E-state index < -0.39 is 12.5 Å². The predicted octanol–water partition coefficient (Wildman–Crippen LogP) is 0.501. The van der Waals surface area contributed by atoms with Crippen molar-refractivity contribution in [2.75, 3.05) is 27.2 Å². The summed E-state index contributed by atoms with van der Waals surface area (Å²) in [6.07, 6.45) is -2.38. The zero-order chi connectivity index (χ0) is 11.1. The fourth-order valence-electron chi connectivity index (χ4n) is 0.716. The van der Waals surface area contributed by atoms with Gasteiger partial charge in [-0.05, 0) is 6.92 Å². The van der Waals surface area contributed by atoms with E-state index in [0.29, 0.717) is 13.1 Å². The summed E-state index contributed by atoms with van der Waals surface area (Å²) in [6.45, 7) is 2.08. The summed E-state index contributed by atoms with van der Waals surface area (Å²) in [4.78, 5) is 12.3. The van der Waals surface area contributed by atoms with Gasteiger partial charge in [0.15, 0.2) is 0 Å². The first-order valence-corrected chi connectivity index (χ1v) is 4.42. The number of hydrogen-bond acceptors (Lipinski definition) is 2. The lowest BCUT2D eigenvalue weighted by Crippen LogP contribution is -2.41. The van der Waals surface area contributed by atoms with Crippen LogP contribution in [0.3, 0.4) is 0 Å². The van der Waals surface area contributed by atoms with Crippen LogP contribution in [-0.4, -0.2) is 50.6 Å². The molecule has 0 rings (SSSR count). The Morgan fingerprint density at radius 1 is 1.36 bits per heavy atom. The third-order valence-electron chi connectivity index (χ3n) is 1.65. The van der Waals surface area contributed by atoms with E-state index in [1.54, 1.807) is 14.1 Å². The lowest BCUT2D eigenvalue weighted by Gasteiger charge is -2.14. The average Bonchev–Trinajstić information content (AvgIpc) is 2.11. The summed E-state index contributed by atoms with van der Waals surface area (Å²) in [5.74, 6) is 0. The highest BCUT2D eigenvalue weighted by Gasteiger charge is 2.12. The molecule has 0 aromatic carbocycles. The molecule has 2 amide bonds. The number of nitrogens with zero attached hydrogens (tertiary/aromatic N) is 1. The number of alkyl halides is 2. The van der Waals surface area contributed by atoms with Gasteiger partial charge in [0.2, 0.25) is 0 Å². The minimum Gasteiger partial charge on any atom is -0.337 e. The largest absolute Gasteiger partial charge is 0.337 e. The maximum absolute atomic E-state index is 12.0. The van der Waals surface area contributed by atoms with Crippen molar-refractivity contribution < 1.29 is 13.6 Å². The number of halogens is 2. The molecule has 0 fully saturated rings. The molecular weight excluding hydrogens is 192 g/mol. The highest BCUT2D eigenvalue weighted by Crippen LogP contribution is 1.97. The summed E-state index contributed by atoms with van der Waals surface area (Å²) in [5.41, 5.74) is 0. The highest BCUT2D eigenvalue weighted by atomic mass is 19.3. The fourth-order valence-corrected chi connectivity index (χ4v) is 0.716. The van der Waals surface area contributed by atoms with Crippen LogP contribution in [0.1, 0.15) is 6.92 Å². The Hall–Kier alpha value is -0.910. The quantitative estimate of drug-likeness (QED) is 0.648. The van der Waals surface area contributed by atoms with Gasteiger partial charge in [0.25, 0.3) is 6.43 Å². The molecule has 0 saturated heterocycles. The lowest BCUT2D eigenvalue weighted by atomic mass is 10.3. The molecule has 1 unspecified atom stereocenters. The van der Waals surface area contributed by atoms with Crippen LogP contribution in [0.4, 0.5) is 13.6 Å². The van der Waals surface area contributed by atoms with Gasteiger partial charge in [0.05, 0.1) is 6.04 Å². The highest BCUT2D eigenvalue weighted by molar-refractivity contribution is 5.73. The number of amides is 2. The van der Waals surface area contributed by atoms with E-state index in [4.69, 9.17) is 0 Å². The minimum atomic E-state index is -2.38. The Labute approximate surface area is 82.6 Å². The molecule has 0 aromatic heterocycles. The standard InChI is InChI=1S/C8H17F2N3O/c1-6(7(9)10)11-4-5-12-8(14)13(2)3/h6-7,11H,4-5H2,1-3H3,(H,12,14). The maximum Gasteiger partial charge on any atom is 0.316 e. The zero-order valence-electron chi connectivity index (χ0n) is 8.68. The number of carbonyl (C=O) groups is 1. The van der Waals surface area contributed by atoms with Gasteiger partial charge < -0.3 is 15.5 Å². The predicted molar refractivity (Wildman–Crippen MR) is 50.6 cm³/mol. The van der Waals surface area contributed by atoms with E-state index in [2.05, 4.69) is 10.6 Å². The first-order chi connectivity index (χ1) is 6.45. The Bertz CT molecular complexity index is 176. The van der Waals surface area contributed by atoms with Gasteiger partial charge in [-0.2, -0.15) is 0 Å². The molecule has 0 saturated carbocycles. The molecule has 0 bridgehead atoms. The van der Waals surface area contributed by atoms with Crippen molar-refractivity contribution >= 4 is 6.03 Å². The van der Waals surface area contributed by atoms with Gasteiger partial charge >= 0.3 is 6.03 Å². The van der Waals surface area contributed by atoms with Crippen molar-refractivity contribution in [1.82, 2.24) is 15.5 Å². The molecule has 0 heterocycles. The van der Waals surface area contributed by atoms with Gasteiger partial charge in [0, 0.05) is 27.2 Å². The van der Waals surface area contributed by atoms with E-state index in [0.717, 1.165) is 0 Å². The molecule has 0 aromatic rings. The second-order valence-corrected chi connectivity index (χ2v) is 3.20. The van der Waals surface area contributed by atoms with Crippen LogP contribution in [0.5, 0.6) is 0 Å². The van der Waals surface area contributed by atoms with Gasteiger partial charge in [-0.3, -0.25) is 0 Å². The fraction of sp³-hybridized carbons (Fsp3) is 0.875. The van der Waals surface area contributed by atoms with Crippen LogP contribution in [0.25, 0.3) is 0 Å². The Morgan fingerprint density at radius 3 is 2.36 bits per heavy atom. The molecule has 1 atom stereocenters. The molecule has 2 N–H and O–H groups in total. The minimum absolute atomic E-state index is 0.225. The molecule has 0 spiro atoms. The van der Waals surface area contributed by atoms with Crippen molar-refractivity contribution in [3.8, 4) is 0 Å². The normalized spacial score (nSPS) is 12.7. The SMILES string of the molecule is CC(NCCNC(=O)N(C)C)C(F)F. The van der Waals surface area contributed by atoms with Crippen molar-refractivity contribution in [3.05, 3.63) is 0 Å². The first kappa shape index (κ1) is 13.1. The third kappa shape index (κ3) is 5.69. The molecule has 0 aliphatic heterocycles. The third-order valence-corrected chi connectivity index (χ3v) is 1.65. The van der Waals surface area contributed by atoms with E-state index in [1.807, 2.05) is 0 Å². The summed E-state index contributed by atoms with van der Waals surface area (Å²) in [7, 11) is 3.23. The van der Waals surface area contributed by atoms with E-state index in [9.17, 15) is 13.6 Å². The second-order valence-electron chi connectivity index (χ2n) is 3.20. The van der Waals surface area contributed by atoms with Crippen molar-refractivity contribution in [2.24, 2.45) is 0 Å². The van der Waals surface area contributed by atoms with Gasteiger partial charge in [-0.25, -0.2) is 13.6 Å². The summed E-state index contributed by atoms with van der Waals surface area (Å²) >= 11 is 0. The maximum atomic E-state index is 12.0. The van der Waals surface area contributed by atoms with E-state index >= 15 is 0 Å². The lowest BCUT2D eigenvalue weighted by molar-refractivity contribution is 0.106. The summed E-state index contributed by atoms with van der Waals surface area (Å²) in [5, 5.41) is 5.15. The van der Waals surface area contributed by atoms with Crippen LogP contribution in [0.2, 0.25) is 0 Å². The van der Waals surface area contributed by atoms with Crippen LogP contribution in [0, 0.1) is 0 Å². The van der Waals surface area contributed by atoms with Crippen LogP contribution < -0.4 is 10.6 Å². The first-order valence-electron chi connectivity index (χ1n) is 4.42. The molecule has 0 aliphatic carbocycles. The molecular formula is C8H17F2N3O. The van der Waals surface area contributed by atoms with E-state index in [1.165, 1.54) is 11.8 Å². The molecule has 0 aliphatic rings. The molecule has 0 radical (unpaired) electrons. The zero-order valence-corrected chi connectivity index (χ0v) is 8.68. The molecule has 6 heteroatoms. The van der Waals surface area contributed by atoms with Crippen LogP contribution >= 0.6 is 0 Å². The number of hydrogen-bond donors (Lipinski definition) is 2. The van der Waals surface area contributed by atoms with E-state index in [-0.39, 0.29) is 6.03 Å². The summed E-state index contributed by atoms with van der Waals surface area (Å²) < 4.78 is 24.0.